The minimum atomic E-state index is -3.58. The average molecular weight is 583 g/mol. The number of amides is 2. The van der Waals surface area contributed by atoms with Crippen molar-refractivity contribution in [3.05, 3.63) is 60.2 Å². The third kappa shape index (κ3) is 8.82. The molecule has 1 aliphatic carbocycles. The van der Waals surface area contributed by atoms with Gasteiger partial charge in [-0.3, -0.25) is 14.5 Å². The molecule has 0 aromatic heterocycles. The fourth-order valence-electron chi connectivity index (χ4n) is 5.63. The number of rotatable bonds is 11. The Bertz CT molecular complexity index is 1270. The number of piperidine rings is 1. The molecule has 2 aromatic carbocycles. The quantitative estimate of drug-likeness (QED) is 0.306. The predicted molar refractivity (Wildman–Crippen MR) is 156 cm³/mol. The molecule has 4 rings (SSSR count). The van der Waals surface area contributed by atoms with E-state index < -0.39 is 9.84 Å². The van der Waals surface area contributed by atoms with Crippen LogP contribution < -0.4 is 10.6 Å². The first-order valence-electron chi connectivity index (χ1n) is 14.0. The van der Waals surface area contributed by atoms with Crippen LogP contribution in [0.25, 0.3) is 0 Å². The van der Waals surface area contributed by atoms with Gasteiger partial charge in [0, 0.05) is 36.5 Å². The molecule has 2 amide bonds. The van der Waals surface area contributed by atoms with Gasteiger partial charge in [0.2, 0.25) is 11.8 Å². The molecule has 2 fully saturated rings. The summed E-state index contributed by atoms with van der Waals surface area (Å²) in [5.74, 6) is -0.707. The minimum absolute atomic E-state index is 0.0128. The van der Waals surface area contributed by atoms with Crippen molar-refractivity contribution < 1.29 is 18.0 Å². The molecule has 0 bridgehead atoms. The predicted octanol–water partition coefficient (Wildman–Crippen LogP) is 3.78. The van der Waals surface area contributed by atoms with Gasteiger partial charge in [-0.1, -0.05) is 43.2 Å². The molecule has 1 heterocycles. The summed E-state index contributed by atoms with van der Waals surface area (Å²) in [5.41, 5.74) is 1.30. The highest BCUT2D eigenvalue weighted by molar-refractivity contribution is 8.00. The van der Waals surface area contributed by atoms with Crippen LogP contribution in [0.2, 0.25) is 0 Å². The van der Waals surface area contributed by atoms with Gasteiger partial charge in [0.1, 0.15) is 6.54 Å². The van der Waals surface area contributed by atoms with Crippen molar-refractivity contribution in [2.24, 2.45) is 11.8 Å². The molecule has 2 atom stereocenters. The lowest BCUT2D eigenvalue weighted by atomic mass is 9.80. The number of likely N-dealkylation sites (tertiary alicyclic amines) is 1. The van der Waals surface area contributed by atoms with Crippen molar-refractivity contribution >= 4 is 33.4 Å². The lowest BCUT2D eigenvalue weighted by Crippen LogP contribution is -2.44. The van der Waals surface area contributed by atoms with E-state index in [-0.39, 0.29) is 52.6 Å². The smallest absolute Gasteiger partial charge is 0.230 e. The van der Waals surface area contributed by atoms with E-state index in [1.54, 1.807) is 24.3 Å². The molecule has 8 nitrogen and oxygen atoms in total. The molecule has 0 radical (unpaired) electrons. The zero-order chi connectivity index (χ0) is 28.4. The molecule has 1 saturated carbocycles. The van der Waals surface area contributed by atoms with Crippen molar-refractivity contribution in [1.82, 2.24) is 15.5 Å². The number of benzene rings is 2. The van der Waals surface area contributed by atoms with Crippen LogP contribution in [0.1, 0.15) is 44.1 Å². The van der Waals surface area contributed by atoms with Crippen LogP contribution in [-0.2, 0) is 26.0 Å². The second-order valence-electron chi connectivity index (χ2n) is 10.7. The fourth-order valence-corrected chi connectivity index (χ4v) is 8.04. The Labute approximate surface area is 241 Å². The Kier molecular flexibility index (Phi) is 11.0. The number of nitriles is 1. The van der Waals surface area contributed by atoms with Crippen LogP contribution in [0.5, 0.6) is 0 Å². The number of hydrogen-bond acceptors (Lipinski definition) is 7. The first kappa shape index (κ1) is 30.1. The number of sulfone groups is 1. The number of thioether (sulfide) groups is 1. The summed E-state index contributed by atoms with van der Waals surface area (Å²) >= 11 is 1.39. The van der Waals surface area contributed by atoms with Crippen molar-refractivity contribution in [1.29, 1.82) is 5.26 Å². The summed E-state index contributed by atoms with van der Waals surface area (Å²) in [6, 6.07) is 19.2. The second kappa shape index (κ2) is 14.7. The lowest BCUT2D eigenvalue weighted by Gasteiger charge is -2.32. The number of carbonyl (C=O) groups excluding carboxylic acids is 2. The minimum Gasteiger partial charge on any atom is -0.353 e. The topological polar surface area (TPSA) is 119 Å². The maximum Gasteiger partial charge on any atom is 0.230 e. The van der Waals surface area contributed by atoms with Crippen LogP contribution in [0.4, 0.5) is 0 Å². The summed E-state index contributed by atoms with van der Waals surface area (Å²) in [6.45, 7) is 2.77. The van der Waals surface area contributed by atoms with E-state index in [1.807, 2.05) is 12.1 Å². The number of hydrogen-bond donors (Lipinski definition) is 2. The highest BCUT2D eigenvalue weighted by Gasteiger charge is 2.34. The van der Waals surface area contributed by atoms with Crippen LogP contribution in [0.3, 0.4) is 0 Å². The fraction of sp³-hybridized carbons (Fsp3) is 0.500. The molecule has 214 valence electrons. The maximum absolute atomic E-state index is 13.1. The number of nitrogens with one attached hydrogen (secondary N) is 2. The van der Waals surface area contributed by atoms with E-state index in [0.717, 1.165) is 50.2 Å². The summed E-state index contributed by atoms with van der Waals surface area (Å²) in [7, 11) is -3.58. The Morgan fingerprint density at radius 2 is 1.68 bits per heavy atom. The molecule has 2 unspecified atom stereocenters. The van der Waals surface area contributed by atoms with Crippen molar-refractivity contribution in [3.8, 4) is 6.07 Å². The van der Waals surface area contributed by atoms with Crippen LogP contribution >= 0.6 is 11.8 Å². The van der Waals surface area contributed by atoms with Gasteiger partial charge in [-0.2, -0.15) is 5.26 Å². The van der Waals surface area contributed by atoms with Gasteiger partial charge in [-0.15, -0.1) is 11.8 Å². The van der Waals surface area contributed by atoms with E-state index in [9.17, 15) is 18.0 Å². The summed E-state index contributed by atoms with van der Waals surface area (Å²) in [4.78, 5) is 28.5. The molecule has 1 aliphatic heterocycles. The van der Waals surface area contributed by atoms with E-state index in [1.165, 1.54) is 17.3 Å². The number of carbonyl (C=O) groups is 2. The van der Waals surface area contributed by atoms with Crippen LogP contribution in [0.15, 0.2) is 64.4 Å². The molecule has 2 N–H and O–H groups in total. The summed E-state index contributed by atoms with van der Waals surface area (Å²) in [6.07, 6.45) is 4.96. The van der Waals surface area contributed by atoms with E-state index in [2.05, 4.69) is 39.8 Å². The van der Waals surface area contributed by atoms with Crippen LogP contribution in [-0.4, -0.2) is 62.3 Å². The Morgan fingerprint density at radius 3 is 2.38 bits per heavy atom. The first-order valence-corrected chi connectivity index (χ1v) is 16.6. The normalized spacial score (nSPS) is 20.4. The average Bonchev–Trinajstić information content (AvgIpc) is 2.97. The third-order valence-electron chi connectivity index (χ3n) is 7.78. The highest BCUT2D eigenvalue weighted by atomic mass is 32.2. The lowest BCUT2D eigenvalue weighted by molar-refractivity contribution is -0.127. The Morgan fingerprint density at radius 1 is 0.975 bits per heavy atom. The SMILES string of the molecule is N#CCNC(=O)C1CCCCC1CS(=O)(=O)c1ccc(SCC(=O)NC2CCN(Cc3ccccc3)CC2)cc1. The van der Waals surface area contributed by atoms with E-state index in [4.69, 9.17) is 5.26 Å². The van der Waals surface area contributed by atoms with E-state index in [0.29, 0.717) is 12.8 Å². The molecule has 10 heteroatoms. The monoisotopic (exact) mass is 582 g/mol. The van der Waals surface area contributed by atoms with Gasteiger partial charge in [-0.05, 0) is 61.4 Å². The molecule has 2 aliphatic rings. The van der Waals surface area contributed by atoms with Gasteiger partial charge < -0.3 is 10.6 Å². The standard InChI is InChI=1S/C30H38N4O4S2/c31-16-17-32-30(36)28-9-5-4-8-24(28)22-40(37,38)27-12-10-26(11-13-27)39-21-29(35)33-25-14-18-34(19-15-25)20-23-6-2-1-3-7-23/h1-3,6-7,10-13,24-25,28H,4-5,8-9,14-15,17-22H2,(H,32,36)(H,33,35). The van der Waals surface area contributed by atoms with Gasteiger partial charge in [0.05, 0.1) is 22.5 Å². The van der Waals surface area contributed by atoms with Gasteiger partial charge >= 0.3 is 0 Å². The Balaban J connectivity index is 1.22. The third-order valence-corrected chi connectivity index (χ3v) is 10.6. The Hall–Kier alpha value is -2.87. The second-order valence-corrected chi connectivity index (χ2v) is 13.8. The van der Waals surface area contributed by atoms with Gasteiger partial charge in [0.25, 0.3) is 0 Å². The maximum atomic E-state index is 13.1. The summed E-state index contributed by atoms with van der Waals surface area (Å²) in [5, 5.41) is 14.5. The van der Waals surface area contributed by atoms with Gasteiger partial charge in [0.15, 0.2) is 9.84 Å². The van der Waals surface area contributed by atoms with Crippen molar-refractivity contribution in [3.63, 3.8) is 0 Å². The molecular formula is C30H38N4O4S2. The zero-order valence-electron chi connectivity index (χ0n) is 22.8. The molecule has 2 aromatic rings. The molecule has 40 heavy (non-hydrogen) atoms. The molecular weight excluding hydrogens is 544 g/mol. The van der Waals surface area contributed by atoms with E-state index >= 15 is 0 Å². The summed E-state index contributed by atoms with van der Waals surface area (Å²) < 4.78 is 26.3. The highest BCUT2D eigenvalue weighted by Crippen LogP contribution is 2.33. The number of nitrogens with zero attached hydrogens (tertiary/aromatic N) is 2. The zero-order valence-corrected chi connectivity index (χ0v) is 24.4. The van der Waals surface area contributed by atoms with Crippen LogP contribution in [0, 0.1) is 23.2 Å². The van der Waals surface area contributed by atoms with Crippen molar-refractivity contribution in [2.75, 3.05) is 31.1 Å². The first-order chi connectivity index (χ1) is 19.3. The molecule has 1 saturated heterocycles. The molecule has 0 spiro atoms. The largest absolute Gasteiger partial charge is 0.353 e. The van der Waals surface area contributed by atoms with Crippen molar-refractivity contribution in [2.45, 2.75) is 60.9 Å². The van der Waals surface area contributed by atoms with Gasteiger partial charge in [-0.25, -0.2) is 8.42 Å².